The fourth-order valence-electron chi connectivity index (χ4n) is 3.16. The van der Waals surface area contributed by atoms with Gasteiger partial charge in [0.15, 0.2) is 0 Å². The highest BCUT2D eigenvalue weighted by atomic mass is 16.4. The van der Waals surface area contributed by atoms with Gasteiger partial charge in [0.2, 0.25) is 0 Å². The van der Waals surface area contributed by atoms with Gasteiger partial charge in [-0.15, -0.1) is 0 Å². The lowest BCUT2D eigenvalue weighted by molar-refractivity contribution is -0.139. The third-order valence-electron chi connectivity index (χ3n) is 4.12. The molecule has 0 saturated heterocycles. The second-order valence-corrected chi connectivity index (χ2v) is 5.16. The summed E-state index contributed by atoms with van der Waals surface area (Å²) in [6, 6.07) is 0. The minimum absolute atomic E-state index is 0.104. The van der Waals surface area contributed by atoms with E-state index in [9.17, 15) is 9.59 Å². The first-order valence-electron chi connectivity index (χ1n) is 5.55. The average Bonchev–Trinajstić information content (AvgIpc) is 2.68. The summed E-state index contributed by atoms with van der Waals surface area (Å²) < 4.78 is 0. The van der Waals surface area contributed by atoms with Crippen molar-refractivity contribution in [1.29, 1.82) is 0 Å². The minimum Gasteiger partial charge on any atom is -0.481 e. The van der Waals surface area contributed by atoms with Gasteiger partial charge in [0.25, 0.3) is 0 Å². The van der Waals surface area contributed by atoms with Gasteiger partial charge in [-0.2, -0.15) is 0 Å². The van der Waals surface area contributed by atoms with E-state index in [0.717, 1.165) is 18.4 Å². The Hall–Kier alpha value is -1.32. The Bertz CT molecular complexity index is 371. The zero-order valence-electron chi connectivity index (χ0n) is 9.27. The van der Waals surface area contributed by atoms with Crippen molar-refractivity contribution in [3.8, 4) is 0 Å². The zero-order chi connectivity index (χ0) is 11.9. The lowest BCUT2D eigenvalue weighted by Gasteiger charge is -2.09. The molecule has 0 aromatic heterocycles. The van der Waals surface area contributed by atoms with Crippen LogP contribution in [0.5, 0.6) is 0 Å². The lowest BCUT2D eigenvalue weighted by atomic mass is 9.96. The van der Waals surface area contributed by atoms with Gasteiger partial charge in [0, 0.05) is 0 Å². The molecule has 2 N–H and O–H groups in total. The molecular weight excluding hydrogens is 208 g/mol. The normalized spacial score (nSPS) is 36.2. The van der Waals surface area contributed by atoms with Gasteiger partial charge in [-0.3, -0.25) is 9.59 Å². The van der Waals surface area contributed by atoms with Crippen LogP contribution >= 0.6 is 0 Å². The predicted molar refractivity (Wildman–Crippen MR) is 56.9 cm³/mol. The highest BCUT2D eigenvalue weighted by molar-refractivity contribution is 5.70. The number of fused-ring (bicyclic) bond motifs is 1. The molecule has 0 amide bonds. The number of carbonyl (C=O) groups is 2. The van der Waals surface area contributed by atoms with E-state index in [1.807, 2.05) is 13.0 Å². The molecule has 16 heavy (non-hydrogen) atoms. The van der Waals surface area contributed by atoms with E-state index in [4.69, 9.17) is 10.2 Å². The topological polar surface area (TPSA) is 74.6 Å². The second-order valence-electron chi connectivity index (χ2n) is 5.16. The van der Waals surface area contributed by atoms with Crippen LogP contribution in [0, 0.1) is 17.3 Å². The molecule has 0 aliphatic heterocycles. The van der Waals surface area contributed by atoms with E-state index in [1.54, 1.807) is 0 Å². The molecule has 2 rings (SSSR count). The first kappa shape index (κ1) is 11.2. The van der Waals surface area contributed by atoms with Crippen molar-refractivity contribution >= 4 is 11.9 Å². The molecule has 3 atom stereocenters. The Morgan fingerprint density at radius 1 is 1.38 bits per heavy atom. The molecule has 0 heterocycles. The Morgan fingerprint density at radius 2 is 2.06 bits per heavy atom. The van der Waals surface area contributed by atoms with Crippen molar-refractivity contribution in [3.05, 3.63) is 11.6 Å². The Labute approximate surface area is 94.0 Å². The Kier molecular flexibility index (Phi) is 2.52. The maximum Gasteiger partial charge on any atom is 0.307 e. The van der Waals surface area contributed by atoms with Crippen LogP contribution < -0.4 is 0 Å². The van der Waals surface area contributed by atoms with Crippen LogP contribution in [0.3, 0.4) is 0 Å². The molecule has 3 unspecified atom stereocenters. The molecular formula is C12H16O4. The van der Waals surface area contributed by atoms with Gasteiger partial charge in [0.05, 0.1) is 12.8 Å². The monoisotopic (exact) mass is 224 g/mol. The minimum atomic E-state index is -0.801. The highest BCUT2D eigenvalue weighted by Crippen LogP contribution is 2.66. The molecule has 0 bridgehead atoms. The quantitative estimate of drug-likeness (QED) is 0.715. The van der Waals surface area contributed by atoms with Crippen molar-refractivity contribution in [3.63, 3.8) is 0 Å². The van der Waals surface area contributed by atoms with Crippen LogP contribution in [-0.2, 0) is 9.59 Å². The van der Waals surface area contributed by atoms with Crippen LogP contribution in [-0.4, -0.2) is 22.2 Å². The van der Waals surface area contributed by atoms with Gasteiger partial charge in [-0.1, -0.05) is 18.6 Å². The van der Waals surface area contributed by atoms with E-state index in [0.29, 0.717) is 11.8 Å². The summed E-state index contributed by atoms with van der Waals surface area (Å²) >= 11 is 0. The van der Waals surface area contributed by atoms with Crippen LogP contribution in [0.25, 0.3) is 0 Å². The van der Waals surface area contributed by atoms with Gasteiger partial charge in [-0.05, 0) is 30.1 Å². The number of rotatable bonds is 4. The fourth-order valence-corrected chi connectivity index (χ4v) is 3.16. The molecule has 88 valence electrons. The number of aliphatic carboxylic acids is 2. The maximum absolute atomic E-state index is 10.7. The summed E-state index contributed by atoms with van der Waals surface area (Å²) in [7, 11) is 0. The summed E-state index contributed by atoms with van der Waals surface area (Å²) in [6.45, 7) is 2.01. The van der Waals surface area contributed by atoms with Crippen molar-refractivity contribution < 1.29 is 19.8 Å². The van der Waals surface area contributed by atoms with Crippen LogP contribution in [0.4, 0.5) is 0 Å². The predicted octanol–water partition coefficient (Wildman–Crippen LogP) is 1.91. The molecule has 2 aliphatic carbocycles. The third kappa shape index (κ3) is 1.84. The molecule has 2 aliphatic rings. The van der Waals surface area contributed by atoms with Gasteiger partial charge < -0.3 is 10.2 Å². The maximum atomic E-state index is 10.7. The number of hydrogen-bond acceptors (Lipinski definition) is 2. The van der Waals surface area contributed by atoms with E-state index >= 15 is 0 Å². The van der Waals surface area contributed by atoms with E-state index in [1.165, 1.54) is 0 Å². The van der Waals surface area contributed by atoms with Crippen LogP contribution in [0.2, 0.25) is 0 Å². The lowest BCUT2D eigenvalue weighted by Crippen LogP contribution is -2.08. The molecule has 0 spiro atoms. The SMILES string of the molecule is CC1(CC(=O)O)C2CC=C(CC(=O)O)CC21. The largest absolute Gasteiger partial charge is 0.481 e. The van der Waals surface area contributed by atoms with Gasteiger partial charge in [0.1, 0.15) is 0 Å². The van der Waals surface area contributed by atoms with E-state index < -0.39 is 11.9 Å². The molecule has 1 fully saturated rings. The summed E-state index contributed by atoms with van der Waals surface area (Å²) in [5.41, 5.74) is 0.852. The Morgan fingerprint density at radius 3 is 2.62 bits per heavy atom. The van der Waals surface area contributed by atoms with Crippen molar-refractivity contribution in [2.45, 2.75) is 32.6 Å². The number of carboxylic acids is 2. The second kappa shape index (κ2) is 3.61. The van der Waals surface area contributed by atoms with Gasteiger partial charge in [-0.25, -0.2) is 0 Å². The van der Waals surface area contributed by atoms with Crippen molar-refractivity contribution in [2.75, 3.05) is 0 Å². The number of hydrogen-bond donors (Lipinski definition) is 2. The molecule has 4 heteroatoms. The number of allylic oxidation sites excluding steroid dienone is 1. The number of carboxylic acid groups (broad SMARTS) is 2. The molecule has 4 nitrogen and oxygen atoms in total. The fraction of sp³-hybridized carbons (Fsp3) is 0.667. The first-order valence-corrected chi connectivity index (χ1v) is 5.55. The standard InChI is InChI=1S/C12H16O4/c1-12(6-11(15)16)8-3-2-7(4-9(8)12)5-10(13)14/h2,8-9H,3-6H2,1H3,(H,13,14)(H,15,16). The smallest absolute Gasteiger partial charge is 0.307 e. The van der Waals surface area contributed by atoms with Crippen LogP contribution in [0.15, 0.2) is 11.6 Å². The molecule has 0 radical (unpaired) electrons. The highest BCUT2D eigenvalue weighted by Gasteiger charge is 2.61. The van der Waals surface area contributed by atoms with Crippen molar-refractivity contribution in [2.24, 2.45) is 17.3 Å². The first-order chi connectivity index (χ1) is 7.43. The average molecular weight is 224 g/mol. The summed E-state index contributed by atoms with van der Waals surface area (Å²) in [4.78, 5) is 21.3. The molecule has 1 saturated carbocycles. The molecule has 0 aromatic carbocycles. The zero-order valence-corrected chi connectivity index (χ0v) is 9.27. The van der Waals surface area contributed by atoms with Gasteiger partial charge >= 0.3 is 11.9 Å². The molecule has 0 aromatic rings. The van der Waals surface area contributed by atoms with E-state index in [-0.39, 0.29) is 18.3 Å². The van der Waals surface area contributed by atoms with E-state index in [2.05, 4.69) is 0 Å². The van der Waals surface area contributed by atoms with Crippen LogP contribution in [0.1, 0.15) is 32.6 Å². The summed E-state index contributed by atoms with van der Waals surface area (Å²) in [5, 5.41) is 17.5. The Balaban J connectivity index is 1.97. The third-order valence-corrected chi connectivity index (χ3v) is 4.12. The summed E-state index contributed by atoms with van der Waals surface area (Å²) in [6.07, 6.45) is 3.91. The van der Waals surface area contributed by atoms with Crippen molar-refractivity contribution in [1.82, 2.24) is 0 Å². The summed E-state index contributed by atoms with van der Waals surface area (Å²) in [5.74, 6) is -0.730.